The highest BCUT2D eigenvalue weighted by Gasteiger charge is 2.41. The van der Waals surface area contributed by atoms with Gasteiger partial charge >= 0.3 is 0 Å². The summed E-state index contributed by atoms with van der Waals surface area (Å²) in [6, 6.07) is 0. The Morgan fingerprint density at radius 2 is 2.21 bits per heavy atom. The third kappa shape index (κ3) is 3.05. The molecule has 2 aromatic heterocycles. The third-order valence-corrected chi connectivity index (χ3v) is 5.80. The largest absolute Gasteiger partial charge is 0.370 e. The highest BCUT2D eigenvalue weighted by atomic mass is 32.1. The molecule has 0 radical (unpaired) electrons. The fraction of sp³-hybridized carbons (Fsp3) is 0.688. The van der Waals surface area contributed by atoms with Gasteiger partial charge in [0.1, 0.15) is 11.3 Å². The van der Waals surface area contributed by atoms with E-state index in [0.717, 1.165) is 68.8 Å². The van der Waals surface area contributed by atoms with Gasteiger partial charge in [-0.25, -0.2) is 0 Å². The molecule has 8 heteroatoms. The molecule has 2 saturated heterocycles. The van der Waals surface area contributed by atoms with E-state index in [1.807, 2.05) is 13.8 Å². The molecular weight excluding hydrogens is 326 g/mol. The van der Waals surface area contributed by atoms with E-state index in [1.165, 1.54) is 5.56 Å². The highest BCUT2D eigenvalue weighted by Crippen LogP contribution is 2.32. The summed E-state index contributed by atoms with van der Waals surface area (Å²) in [7, 11) is 0. The van der Waals surface area contributed by atoms with Gasteiger partial charge in [-0.15, -0.1) is 10.2 Å². The number of anilines is 1. The van der Waals surface area contributed by atoms with Crippen LogP contribution in [-0.4, -0.2) is 58.6 Å². The van der Waals surface area contributed by atoms with Crippen molar-refractivity contribution in [2.75, 3.05) is 37.7 Å². The standard InChI is InChI=1S/C16H23N5O2S/c1-12-14(13(2)23-19-12)8-20-6-7-22-16(9-20)4-3-5-21(10-16)15-18-17-11-24-15/h11H,3-10H2,1-2H3/t16-/m0/s1. The molecule has 24 heavy (non-hydrogen) atoms. The first kappa shape index (κ1) is 16.0. The Morgan fingerprint density at radius 1 is 1.29 bits per heavy atom. The Balaban J connectivity index is 1.47. The Kier molecular flexibility index (Phi) is 4.28. The summed E-state index contributed by atoms with van der Waals surface area (Å²) in [4.78, 5) is 4.79. The smallest absolute Gasteiger partial charge is 0.208 e. The average Bonchev–Trinajstić information content (AvgIpc) is 3.21. The molecule has 4 heterocycles. The minimum absolute atomic E-state index is 0.110. The van der Waals surface area contributed by atoms with Gasteiger partial charge in [0.2, 0.25) is 5.13 Å². The van der Waals surface area contributed by atoms with Gasteiger partial charge in [0, 0.05) is 31.7 Å². The van der Waals surface area contributed by atoms with Crippen LogP contribution in [0.4, 0.5) is 5.13 Å². The number of ether oxygens (including phenoxy) is 1. The molecule has 0 aromatic carbocycles. The number of morpholine rings is 1. The zero-order valence-corrected chi connectivity index (χ0v) is 15.0. The molecule has 1 spiro atoms. The van der Waals surface area contributed by atoms with E-state index in [2.05, 4.69) is 25.2 Å². The second-order valence-electron chi connectivity index (χ2n) is 6.79. The molecule has 0 amide bonds. The maximum Gasteiger partial charge on any atom is 0.208 e. The fourth-order valence-electron chi connectivity index (χ4n) is 3.82. The van der Waals surface area contributed by atoms with Crippen molar-refractivity contribution in [3.05, 3.63) is 22.5 Å². The summed E-state index contributed by atoms with van der Waals surface area (Å²) in [6.07, 6.45) is 2.22. The molecule has 0 N–H and O–H groups in total. The Morgan fingerprint density at radius 3 is 2.96 bits per heavy atom. The number of aryl methyl sites for hydroxylation is 2. The molecule has 0 saturated carbocycles. The van der Waals surface area contributed by atoms with Gasteiger partial charge in [0.05, 0.1) is 24.4 Å². The lowest BCUT2D eigenvalue weighted by Crippen LogP contribution is -2.59. The first-order valence-corrected chi connectivity index (χ1v) is 9.32. The molecule has 2 aliphatic heterocycles. The third-order valence-electron chi connectivity index (χ3n) is 5.05. The van der Waals surface area contributed by atoms with Crippen LogP contribution in [0.3, 0.4) is 0 Å². The fourth-order valence-corrected chi connectivity index (χ4v) is 4.41. The molecule has 7 nitrogen and oxygen atoms in total. The lowest BCUT2D eigenvalue weighted by atomic mass is 9.90. The molecule has 1 atom stereocenters. The van der Waals surface area contributed by atoms with Gasteiger partial charge in [-0.2, -0.15) is 0 Å². The van der Waals surface area contributed by atoms with Gasteiger partial charge < -0.3 is 14.2 Å². The number of hydrogen-bond donors (Lipinski definition) is 0. The molecule has 0 unspecified atom stereocenters. The summed E-state index contributed by atoms with van der Waals surface area (Å²) >= 11 is 1.60. The zero-order valence-electron chi connectivity index (χ0n) is 14.2. The van der Waals surface area contributed by atoms with E-state index in [1.54, 1.807) is 16.8 Å². The zero-order chi connectivity index (χ0) is 16.6. The van der Waals surface area contributed by atoms with Crippen molar-refractivity contribution in [1.29, 1.82) is 0 Å². The predicted octanol–water partition coefficient (Wildman–Crippen LogP) is 2.01. The van der Waals surface area contributed by atoms with Crippen molar-refractivity contribution in [1.82, 2.24) is 20.3 Å². The molecule has 130 valence electrons. The van der Waals surface area contributed by atoms with Crippen LogP contribution in [-0.2, 0) is 11.3 Å². The van der Waals surface area contributed by atoms with E-state index < -0.39 is 0 Å². The van der Waals surface area contributed by atoms with Gasteiger partial charge in [0.15, 0.2) is 0 Å². The van der Waals surface area contributed by atoms with Crippen LogP contribution >= 0.6 is 11.3 Å². The number of aromatic nitrogens is 3. The molecule has 0 bridgehead atoms. The van der Waals surface area contributed by atoms with Gasteiger partial charge in [-0.1, -0.05) is 16.5 Å². The maximum absolute atomic E-state index is 6.28. The topological polar surface area (TPSA) is 67.5 Å². The van der Waals surface area contributed by atoms with Crippen LogP contribution < -0.4 is 4.90 Å². The van der Waals surface area contributed by atoms with Crippen molar-refractivity contribution >= 4 is 16.5 Å². The van der Waals surface area contributed by atoms with E-state index in [-0.39, 0.29) is 5.60 Å². The molecular formula is C16H23N5O2S. The monoisotopic (exact) mass is 349 g/mol. The Hall–Kier alpha value is -1.51. The normalized spacial score (nSPS) is 25.5. The van der Waals surface area contributed by atoms with Gasteiger partial charge in [-0.3, -0.25) is 4.90 Å². The van der Waals surface area contributed by atoms with Crippen molar-refractivity contribution < 1.29 is 9.26 Å². The number of rotatable bonds is 3. The van der Waals surface area contributed by atoms with Crippen LogP contribution in [0.2, 0.25) is 0 Å². The van der Waals surface area contributed by atoms with Crippen molar-refractivity contribution in [3.8, 4) is 0 Å². The lowest BCUT2D eigenvalue weighted by Gasteiger charge is -2.48. The average molecular weight is 349 g/mol. The summed E-state index contributed by atoms with van der Waals surface area (Å²) in [5, 5.41) is 13.3. The molecule has 2 fully saturated rings. The van der Waals surface area contributed by atoms with E-state index in [0.29, 0.717) is 0 Å². The quantitative estimate of drug-likeness (QED) is 0.840. The second kappa shape index (κ2) is 6.42. The number of nitrogens with zero attached hydrogens (tertiary/aromatic N) is 5. The van der Waals surface area contributed by atoms with Crippen molar-refractivity contribution in [2.45, 2.75) is 38.8 Å². The van der Waals surface area contributed by atoms with E-state index in [4.69, 9.17) is 9.26 Å². The predicted molar refractivity (Wildman–Crippen MR) is 91.3 cm³/mol. The van der Waals surface area contributed by atoms with Gasteiger partial charge in [0.25, 0.3) is 0 Å². The summed E-state index contributed by atoms with van der Waals surface area (Å²) in [5.74, 6) is 0.923. The number of hydrogen-bond acceptors (Lipinski definition) is 8. The first-order valence-electron chi connectivity index (χ1n) is 8.44. The first-order chi connectivity index (χ1) is 11.7. The molecule has 2 aliphatic rings. The minimum Gasteiger partial charge on any atom is -0.370 e. The molecule has 0 aliphatic carbocycles. The minimum atomic E-state index is -0.110. The summed E-state index contributed by atoms with van der Waals surface area (Å²) in [6.45, 7) is 9.46. The van der Waals surface area contributed by atoms with Crippen LogP contribution in [0, 0.1) is 13.8 Å². The lowest BCUT2D eigenvalue weighted by molar-refractivity contribution is -0.116. The van der Waals surface area contributed by atoms with Crippen LogP contribution in [0.5, 0.6) is 0 Å². The van der Waals surface area contributed by atoms with Crippen LogP contribution in [0.1, 0.15) is 29.9 Å². The van der Waals surface area contributed by atoms with Gasteiger partial charge in [-0.05, 0) is 26.7 Å². The molecule has 2 aromatic rings. The number of piperidine rings is 1. The van der Waals surface area contributed by atoms with E-state index in [9.17, 15) is 0 Å². The summed E-state index contributed by atoms with van der Waals surface area (Å²) < 4.78 is 11.6. The van der Waals surface area contributed by atoms with Crippen LogP contribution in [0.25, 0.3) is 0 Å². The molecule has 4 rings (SSSR count). The van der Waals surface area contributed by atoms with Crippen LogP contribution in [0.15, 0.2) is 10.0 Å². The Labute approximate surface area is 145 Å². The highest BCUT2D eigenvalue weighted by molar-refractivity contribution is 7.13. The second-order valence-corrected chi connectivity index (χ2v) is 7.60. The maximum atomic E-state index is 6.28. The Bertz CT molecular complexity index is 665. The summed E-state index contributed by atoms with van der Waals surface area (Å²) in [5.41, 5.74) is 3.89. The van der Waals surface area contributed by atoms with Crippen molar-refractivity contribution in [2.24, 2.45) is 0 Å². The van der Waals surface area contributed by atoms with E-state index >= 15 is 0 Å². The van der Waals surface area contributed by atoms with Crippen molar-refractivity contribution in [3.63, 3.8) is 0 Å². The SMILES string of the molecule is Cc1noc(C)c1CN1CCO[C@@]2(CCCN(c3nncs3)C2)C1.